The number of hydrogen-bond acceptors (Lipinski definition) is 6. The van der Waals surface area contributed by atoms with Crippen LogP contribution in [0.2, 0.25) is 0 Å². The minimum Gasteiger partial charge on any atom is -0.472 e. The molecule has 1 amide bonds. The molecule has 1 aliphatic heterocycles. The molecule has 0 bridgehead atoms. The molecule has 7 heteroatoms. The largest absolute Gasteiger partial charge is 0.472 e. The van der Waals surface area contributed by atoms with E-state index in [-0.39, 0.29) is 12.2 Å². The van der Waals surface area contributed by atoms with Gasteiger partial charge in [-0.3, -0.25) is 0 Å². The van der Waals surface area contributed by atoms with Gasteiger partial charge in [-0.1, -0.05) is 11.8 Å². The lowest BCUT2D eigenvalue weighted by molar-refractivity contribution is 0.00713. The number of nitrogens with zero attached hydrogens (tertiary/aromatic N) is 3. The number of aromatic nitrogens is 2. The highest BCUT2D eigenvalue weighted by Gasteiger charge is 2.28. The maximum absolute atomic E-state index is 12.1. The van der Waals surface area contributed by atoms with Crippen molar-refractivity contribution < 1.29 is 14.3 Å². The van der Waals surface area contributed by atoms with Gasteiger partial charge in [0, 0.05) is 18.8 Å². The molecule has 1 aliphatic rings. The van der Waals surface area contributed by atoms with Crippen molar-refractivity contribution in [2.75, 3.05) is 19.3 Å². The van der Waals surface area contributed by atoms with E-state index in [0.29, 0.717) is 24.1 Å². The summed E-state index contributed by atoms with van der Waals surface area (Å²) in [6, 6.07) is 1.74. The Morgan fingerprint density at radius 3 is 2.91 bits per heavy atom. The number of piperidine rings is 1. The highest BCUT2D eigenvalue weighted by atomic mass is 32.2. The van der Waals surface area contributed by atoms with Crippen molar-refractivity contribution in [1.82, 2.24) is 14.9 Å². The molecule has 1 aromatic rings. The Hall–Kier alpha value is -1.50. The van der Waals surface area contributed by atoms with E-state index in [9.17, 15) is 4.79 Å². The van der Waals surface area contributed by atoms with E-state index in [0.717, 1.165) is 12.8 Å². The first-order valence-electron chi connectivity index (χ1n) is 7.39. The number of hydrogen-bond donors (Lipinski definition) is 0. The molecule has 1 atom stereocenters. The van der Waals surface area contributed by atoms with Crippen molar-refractivity contribution in [1.29, 1.82) is 0 Å². The van der Waals surface area contributed by atoms with Gasteiger partial charge in [-0.2, -0.15) is 4.98 Å². The molecule has 1 aromatic heterocycles. The quantitative estimate of drug-likeness (QED) is 0.629. The Morgan fingerprint density at radius 2 is 2.23 bits per heavy atom. The molecule has 0 aromatic carbocycles. The van der Waals surface area contributed by atoms with E-state index in [1.54, 1.807) is 17.2 Å². The van der Waals surface area contributed by atoms with Crippen LogP contribution in [0, 0.1) is 0 Å². The summed E-state index contributed by atoms with van der Waals surface area (Å²) in [5, 5.41) is 0.678. The predicted octanol–water partition coefficient (Wildman–Crippen LogP) is 2.98. The zero-order valence-electron chi connectivity index (χ0n) is 13.5. The molecule has 0 saturated carbocycles. The molecular weight excluding hydrogens is 302 g/mol. The number of rotatable bonds is 3. The number of thioether (sulfide) groups is 1. The fourth-order valence-corrected chi connectivity index (χ4v) is 2.53. The summed E-state index contributed by atoms with van der Waals surface area (Å²) in [6.45, 7) is 6.83. The van der Waals surface area contributed by atoms with Crippen molar-refractivity contribution in [2.24, 2.45) is 0 Å². The number of ether oxygens (including phenoxy) is 2. The molecule has 0 N–H and O–H groups in total. The second-order valence-corrected chi connectivity index (χ2v) is 6.96. The second kappa shape index (κ2) is 7.17. The predicted molar refractivity (Wildman–Crippen MR) is 85.3 cm³/mol. The summed E-state index contributed by atoms with van der Waals surface area (Å²) in [5.41, 5.74) is -0.481. The highest BCUT2D eigenvalue weighted by molar-refractivity contribution is 7.98. The summed E-state index contributed by atoms with van der Waals surface area (Å²) >= 11 is 1.47. The van der Waals surface area contributed by atoms with Crippen LogP contribution < -0.4 is 4.74 Å². The number of carbonyl (C=O) groups excluding carboxylic acids is 1. The standard InChI is InChI=1S/C15H23N3O3S/c1-15(2,3)21-14(19)18-9-5-6-11(10-18)20-12-7-8-16-13(17-12)22-4/h7-8,11H,5-6,9-10H2,1-4H3/t11-/m1/s1. The lowest BCUT2D eigenvalue weighted by atomic mass is 10.1. The lowest BCUT2D eigenvalue weighted by Gasteiger charge is -2.33. The molecule has 1 saturated heterocycles. The van der Waals surface area contributed by atoms with Crippen molar-refractivity contribution in [2.45, 2.75) is 50.5 Å². The minimum absolute atomic E-state index is 0.0640. The molecule has 22 heavy (non-hydrogen) atoms. The van der Waals surface area contributed by atoms with Crippen LogP contribution in [0.3, 0.4) is 0 Å². The molecule has 2 rings (SSSR count). The van der Waals surface area contributed by atoms with Crippen molar-refractivity contribution in [3.63, 3.8) is 0 Å². The van der Waals surface area contributed by atoms with Crippen LogP contribution in [-0.4, -0.2) is 52.0 Å². The summed E-state index contributed by atoms with van der Waals surface area (Å²) in [7, 11) is 0. The van der Waals surface area contributed by atoms with Gasteiger partial charge in [0.1, 0.15) is 11.7 Å². The zero-order valence-corrected chi connectivity index (χ0v) is 14.4. The van der Waals surface area contributed by atoms with Crippen molar-refractivity contribution in [3.05, 3.63) is 12.3 Å². The molecule has 6 nitrogen and oxygen atoms in total. The fraction of sp³-hybridized carbons (Fsp3) is 0.667. The smallest absolute Gasteiger partial charge is 0.410 e. The Kier molecular flexibility index (Phi) is 5.50. The van der Waals surface area contributed by atoms with Gasteiger partial charge in [0.05, 0.1) is 6.54 Å². The maximum Gasteiger partial charge on any atom is 0.410 e. The van der Waals surface area contributed by atoms with E-state index in [2.05, 4.69) is 9.97 Å². The molecular formula is C15H23N3O3S. The van der Waals surface area contributed by atoms with Gasteiger partial charge in [-0.25, -0.2) is 9.78 Å². The van der Waals surface area contributed by atoms with Gasteiger partial charge in [-0.15, -0.1) is 0 Å². The normalized spacial score (nSPS) is 18.9. The average molecular weight is 325 g/mol. The molecule has 1 fully saturated rings. The lowest BCUT2D eigenvalue weighted by Crippen LogP contribution is -2.46. The fourth-order valence-electron chi connectivity index (χ4n) is 2.19. The Bertz CT molecular complexity index is 519. The van der Waals surface area contributed by atoms with E-state index in [4.69, 9.17) is 9.47 Å². The third kappa shape index (κ3) is 5.05. The molecule has 2 heterocycles. The highest BCUT2D eigenvalue weighted by Crippen LogP contribution is 2.20. The van der Waals surface area contributed by atoms with Crippen LogP contribution in [0.4, 0.5) is 4.79 Å². The van der Waals surface area contributed by atoms with Crippen molar-refractivity contribution >= 4 is 17.9 Å². The second-order valence-electron chi connectivity index (χ2n) is 6.19. The first kappa shape index (κ1) is 16.9. The number of carbonyl (C=O) groups is 1. The van der Waals surface area contributed by atoms with E-state index in [1.807, 2.05) is 27.0 Å². The first-order valence-corrected chi connectivity index (χ1v) is 8.61. The Labute approximate surface area is 135 Å². The van der Waals surface area contributed by atoms with Gasteiger partial charge in [0.25, 0.3) is 0 Å². The molecule has 0 unspecified atom stereocenters. The topological polar surface area (TPSA) is 64.5 Å². The van der Waals surface area contributed by atoms with Crippen LogP contribution >= 0.6 is 11.8 Å². The van der Waals surface area contributed by atoms with E-state index < -0.39 is 5.60 Å². The van der Waals surface area contributed by atoms with Crippen LogP contribution in [0.5, 0.6) is 5.88 Å². The van der Waals surface area contributed by atoms with Crippen LogP contribution in [0.15, 0.2) is 17.4 Å². The zero-order chi connectivity index (χ0) is 16.2. The average Bonchev–Trinajstić information content (AvgIpc) is 2.46. The Balaban J connectivity index is 1.94. The summed E-state index contributed by atoms with van der Waals surface area (Å²) in [4.78, 5) is 22.3. The van der Waals surface area contributed by atoms with Gasteiger partial charge < -0.3 is 14.4 Å². The van der Waals surface area contributed by atoms with E-state index >= 15 is 0 Å². The molecule has 0 aliphatic carbocycles. The van der Waals surface area contributed by atoms with Crippen LogP contribution in [-0.2, 0) is 4.74 Å². The molecule has 0 radical (unpaired) electrons. The number of amides is 1. The van der Waals surface area contributed by atoms with Crippen LogP contribution in [0.1, 0.15) is 33.6 Å². The minimum atomic E-state index is -0.481. The summed E-state index contributed by atoms with van der Waals surface area (Å²) in [6.07, 6.45) is 5.05. The number of likely N-dealkylation sites (tertiary alicyclic amines) is 1. The van der Waals surface area contributed by atoms with Gasteiger partial charge in [-0.05, 0) is 39.9 Å². The summed E-state index contributed by atoms with van der Waals surface area (Å²) in [5.74, 6) is 0.551. The summed E-state index contributed by atoms with van der Waals surface area (Å²) < 4.78 is 11.3. The van der Waals surface area contributed by atoms with Crippen LogP contribution in [0.25, 0.3) is 0 Å². The van der Waals surface area contributed by atoms with E-state index in [1.165, 1.54) is 11.8 Å². The first-order chi connectivity index (χ1) is 10.4. The Morgan fingerprint density at radius 1 is 1.45 bits per heavy atom. The van der Waals surface area contributed by atoms with Crippen molar-refractivity contribution in [3.8, 4) is 5.88 Å². The third-order valence-electron chi connectivity index (χ3n) is 3.11. The SMILES string of the molecule is CSc1nccc(O[C@@H]2CCCN(C(=O)OC(C)(C)C)C2)n1. The molecule has 0 spiro atoms. The maximum atomic E-state index is 12.1. The van der Waals surface area contributed by atoms with Gasteiger partial charge >= 0.3 is 6.09 Å². The monoisotopic (exact) mass is 325 g/mol. The molecule has 122 valence electrons. The van der Waals surface area contributed by atoms with Gasteiger partial charge in [0.15, 0.2) is 5.16 Å². The third-order valence-corrected chi connectivity index (χ3v) is 3.67. The van der Waals surface area contributed by atoms with Gasteiger partial charge in [0.2, 0.25) is 5.88 Å².